The molecule has 164 valence electrons. The average Bonchev–Trinajstić information content (AvgIpc) is 3.17. The zero-order valence-corrected chi connectivity index (χ0v) is 17.2. The molecule has 0 amide bonds. The van der Waals surface area contributed by atoms with Crippen molar-refractivity contribution in [1.82, 2.24) is 15.5 Å². The van der Waals surface area contributed by atoms with E-state index in [-0.39, 0.29) is 11.8 Å². The van der Waals surface area contributed by atoms with E-state index in [0.717, 1.165) is 24.6 Å². The van der Waals surface area contributed by atoms with Crippen LogP contribution in [0.3, 0.4) is 0 Å². The highest BCUT2D eigenvalue weighted by Crippen LogP contribution is 2.23. The van der Waals surface area contributed by atoms with Gasteiger partial charge in [-0.2, -0.15) is 8.78 Å². The van der Waals surface area contributed by atoms with E-state index in [0.29, 0.717) is 37.8 Å². The van der Waals surface area contributed by atoms with Gasteiger partial charge in [-0.05, 0) is 25.1 Å². The number of para-hydroxylation sites is 1. The molecular weight excluding hydrogens is 394 g/mol. The fraction of sp³-hybridized carbons (Fsp3) is 0.476. The second-order valence-electron chi connectivity index (χ2n) is 6.91. The number of alkyl halides is 2. The van der Waals surface area contributed by atoms with Crippen LogP contribution in [-0.2, 0) is 11.3 Å². The second-order valence-corrected chi connectivity index (χ2v) is 6.91. The molecule has 1 saturated heterocycles. The van der Waals surface area contributed by atoms with E-state index in [9.17, 15) is 8.78 Å². The van der Waals surface area contributed by atoms with Gasteiger partial charge in [-0.15, -0.1) is 0 Å². The molecule has 1 atom stereocenters. The van der Waals surface area contributed by atoms with E-state index in [1.807, 2.05) is 19.1 Å². The van der Waals surface area contributed by atoms with Crippen molar-refractivity contribution < 1.29 is 22.7 Å². The standard InChI is InChI=1S/C21H28F2N4O3/c1-15-7-8-19(29-15)17(27-9-11-28-12-10-27)14-26-21(24-2)25-13-16-5-3-4-6-18(16)30-20(22)23/h3-8,17,20H,9-14H2,1-2H3,(H2,24,25,26). The lowest BCUT2D eigenvalue weighted by molar-refractivity contribution is -0.0504. The number of benzene rings is 1. The number of hydrogen-bond donors (Lipinski definition) is 2. The van der Waals surface area contributed by atoms with Gasteiger partial charge in [0.2, 0.25) is 0 Å². The highest BCUT2D eigenvalue weighted by Gasteiger charge is 2.25. The largest absolute Gasteiger partial charge is 0.465 e. The predicted molar refractivity (Wildman–Crippen MR) is 110 cm³/mol. The zero-order chi connectivity index (χ0) is 21.3. The molecule has 1 aliphatic rings. The van der Waals surface area contributed by atoms with Gasteiger partial charge in [0.05, 0.1) is 19.3 Å². The first kappa shape index (κ1) is 22.0. The van der Waals surface area contributed by atoms with Gasteiger partial charge in [0.1, 0.15) is 17.3 Å². The van der Waals surface area contributed by atoms with Gasteiger partial charge in [0.25, 0.3) is 0 Å². The molecule has 3 rings (SSSR count). The Balaban J connectivity index is 1.61. The lowest BCUT2D eigenvalue weighted by Crippen LogP contribution is -2.46. The number of hydrogen-bond acceptors (Lipinski definition) is 5. The number of nitrogens with one attached hydrogen (secondary N) is 2. The molecule has 30 heavy (non-hydrogen) atoms. The minimum atomic E-state index is -2.87. The number of furan rings is 1. The normalized spacial score (nSPS) is 16.5. The summed E-state index contributed by atoms with van der Waals surface area (Å²) in [4.78, 5) is 6.55. The average molecular weight is 422 g/mol. The summed E-state index contributed by atoms with van der Waals surface area (Å²) in [6.07, 6.45) is 0. The quantitative estimate of drug-likeness (QED) is 0.504. The first-order valence-corrected chi connectivity index (χ1v) is 9.92. The number of aliphatic imine (C=N–C) groups is 1. The third-order valence-electron chi connectivity index (χ3n) is 4.90. The summed E-state index contributed by atoms with van der Waals surface area (Å²) in [5.41, 5.74) is 0.618. The SMILES string of the molecule is CN=C(NCc1ccccc1OC(F)F)NCC(c1ccc(C)o1)N1CCOCC1. The first-order valence-electron chi connectivity index (χ1n) is 9.92. The number of guanidine groups is 1. The van der Waals surface area contributed by atoms with Crippen molar-refractivity contribution in [3.63, 3.8) is 0 Å². The Hall–Kier alpha value is -2.65. The number of morpholine rings is 1. The van der Waals surface area contributed by atoms with Crippen molar-refractivity contribution in [3.8, 4) is 5.75 Å². The van der Waals surface area contributed by atoms with Crippen LogP contribution in [0.15, 0.2) is 45.8 Å². The molecule has 0 saturated carbocycles. The van der Waals surface area contributed by atoms with Gasteiger partial charge in [0, 0.05) is 38.8 Å². The molecule has 1 aromatic heterocycles. The Morgan fingerprint density at radius 3 is 2.60 bits per heavy atom. The molecule has 0 radical (unpaired) electrons. The van der Waals surface area contributed by atoms with Gasteiger partial charge in [-0.3, -0.25) is 9.89 Å². The number of ether oxygens (including phenoxy) is 2. The molecule has 0 aliphatic carbocycles. The van der Waals surface area contributed by atoms with E-state index in [1.165, 1.54) is 6.07 Å². The molecule has 9 heteroatoms. The fourth-order valence-electron chi connectivity index (χ4n) is 3.39. The highest BCUT2D eigenvalue weighted by molar-refractivity contribution is 5.79. The summed E-state index contributed by atoms with van der Waals surface area (Å²) in [5, 5.41) is 6.47. The molecular formula is C21H28F2N4O3. The molecule has 1 aliphatic heterocycles. The van der Waals surface area contributed by atoms with Crippen molar-refractivity contribution in [2.45, 2.75) is 26.1 Å². The summed E-state index contributed by atoms with van der Waals surface area (Å²) in [7, 11) is 1.66. The van der Waals surface area contributed by atoms with Crippen LogP contribution in [0.4, 0.5) is 8.78 Å². The van der Waals surface area contributed by atoms with Gasteiger partial charge in [0.15, 0.2) is 5.96 Å². The third-order valence-corrected chi connectivity index (χ3v) is 4.90. The molecule has 1 fully saturated rings. The summed E-state index contributed by atoms with van der Waals surface area (Å²) >= 11 is 0. The summed E-state index contributed by atoms with van der Waals surface area (Å²) in [6, 6.07) is 10.7. The number of rotatable bonds is 8. The molecule has 1 unspecified atom stereocenters. The topological polar surface area (TPSA) is 71.3 Å². The van der Waals surface area contributed by atoms with Crippen LogP contribution in [0.5, 0.6) is 5.75 Å². The fourth-order valence-corrected chi connectivity index (χ4v) is 3.39. The van der Waals surface area contributed by atoms with Crippen LogP contribution in [0.1, 0.15) is 23.1 Å². The van der Waals surface area contributed by atoms with Crippen LogP contribution >= 0.6 is 0 Å². The van der Waals surface area contributed by atoms with Gasteiger partial charge in [-0.25, -0.2) is 0 Å². The maximum absolute atomic E-state index is 12.6. The number of aryl methyl sites for hydroxylation is 1. The zero-order valence-electron chi connectivity index (χ0n) is 17.2. The van der Waals surface area contributed by atoms with E-state index in [2.05, 4.69) is 25.3 Å². The highest BCUT2D eigenvalue weighted by atomic mass is 19.3. The molecule has 2 N–H and O–H groups in total. The predicted octanol–water partition coefficient (Wildman–Crippen LogP) is 2.93. The van der Waals surface area contributed by atoms with E-state index in [1.54, 1.807) is 25.2 Å². The van der Waals surface area contributed by atoms with Crippen molar-refractivity contribution in [2.75, 3.05) is 39.9 Å². The summed E-state index contributed by atoms with van der Waals surface area (Å²) < 4.78 is 41.2. The Labute approximate surface area is 175 Å². The van der Waals surface area contributed by atoms with Crippen molar-refractivity contribution >= 4 is 5.96 Å². The lowest BCUT2D eigenvalue weighted by atomic mass is 10.1. The monoisotopic (exact) mass is 422 g/mol. The van der Waals surface area contributed by atoms with Crippen molar-refractivity contribution in [3.05, 3.63) is 53.5 Å². The minimum Gasteiger partial charge on any atom is -0.465 e. The summed E-state index contributed by atoms with van der Waals surface area (Å²) in [5.74, 6) is 2.45. The van der Waals surface area contributed by atoms with Crippen LogP contribution < -0.4 is 15.4 Å². The van der Waals surface area contributed by atoms with Crippen LogP contribution in [0.2, 0.25) is 0 Å². The van der Waals surface area contributed by atoms with E-state index in [4.69, 9.17) is 9.15 Å². The maximum atomic E-state index is 12.6. The van der Waals surface area contributed by atoms with Crippen molar-refractivity contribution in [1.29, 1.82) is 0 Å². The van der Waals surface area contributed by atoms with E-state index < -0.39 is 6.61 Å². The first-order chi connectivity index (χ1) is 14.6. The Morgan fingerprint density at radius 1 is 1.17 bits per heavy atom. The van der Waals surface area contributed by atoms with Gasteiger partial charge >= 0.3 is 6.61 Å². The molecule has 2 aromatic rings. The Morgan fingerprint density at radius 2 is 1.93 bits per heavy atom. The number of nitrogens with zero attached hydrogens (tertiary/aromatic N) is 2. The molecule has 7 nitrogen and oxygen atoms in total. The van der Waals surface area contributed by atoms with Crippen LogP contribution in [0.25, 0.3) is 0 Å². The van der Waals surface area contributed by atoms with Crippen molar-refractivity contribution in [2.24, 2.45) is 4.99 Å². The molecule has 2 heterocycles. The Bertz CT molecular complexity index is 822. The molecule has 0 spiro atoms. The Kier molecular flexibility index (Phi) is 8.04. The smallest absolute Gasteiger partial charge is 0.387 e. The van der Waals surface area contributed by atoms with Crippen LogP contribution in [-0.4, -0.2) is 57.4 Å². The second kappa shape index (κ2) is 10.9. The van der Waals surface area contributed by atoms with E-state index >= 15 is 0 Å². The third kappa shape index (κ3) is 6.17. The molecule has 0 bridgehead atoms. The number of halogens is 2. The maximum Gasteiger partial charge on any atom is 0.387 e. The molecule has 1 aromatic carbocycles. The minimum absolute atomic E-state index is 0.0237. The van der Waals surface area contributed by atoms with Gasteiger partial charge in [-0.1, -0.05) is 18.2 Å². The van der Waals surface area contributed by atoms with Gasteiger partial charge < -0.3 is 24.5 Å². The lowest BCUT2D eigenvalue weighted by Gasteiger charge is -2.33. The summed E-state index contributed by atoms with van der Waals surface area (Å²) in [6.45, 7) is 2.93. The van der Waals surface area contributed by atoms with Crippen LogP contribution in [0, 0.1) is 6.92 Å².